The molecule has 3 rings (SSSR count). The molecule has 1 amide bonds. The number of aromatic nitrogens is 4. The molecule has 0 saturated heterocycles. The van der Waals surface area contributed by atoms with E-state index in [0.717, 1.165) is 17.5 Å². The quantitative estimate of drug-likeness (QED) is 0.661. The zero-order chi connectivity index (χ0) is 20.1. The van der Waals surface area contributed by atoms with Gasteiger partial charge in [-0.2, -0.15) is 4.80 Å². The van der Waals surface area contributed by atoms with Crippen molar-refractivity contribution in [3.63, 3.8) is 0 Å². The van der Waals surface area contributed by atoms with Gasteiger partial charge in [0.25, 0.3) is 0 Å². The molecule has 2 aromatic carbocycles. The predicted octanol–water partition coefficient (Wildman–Crippen LogP) is 2.64. The maximum Gasteiger partial charge on any atom is 0.337 e. The number of aryl methyl sites for hydroxylation is 2. The Bertz CT molecular complexity index is 995. The van der Waals surface area contributed by atoms with Crippen molar-refractivity contribution in [3.8, 4) is 11.4 Å². The Morgan fingerprint density at radius 1 is 1.14 bits per heavy atom. The van der Waals surface area contributed by atoms with Gasteiger partial charge in [0.1, 0.15) is 6.54 Å². The fraction of sp³-hybridized carbons (Fsp3) is 0.250. The number of carbonyl (C=O) groups is 2. The van der Waals surface area contributed by atoms with Crippen molar-refractivity contribution in [1.82, 2.24) is 20.2 Å². The van der Waals surface area contributed by atoms with Crippen LogP contribution < -0.4 is 5.32 Å². The topological polar surface area (TPSA) is 99.0 Å². The zero-order valence-corrected chi connectivity index (χ0v) is 16.0. The highest BCUT2D eigenvalue weighted by molar-refractivity contribution is 5.95. The van der Waals surface area contributed by atoms with Crippen molar-refractivity contribution in [3.05, 3.63) is 59.2 Å². The molecule has 0 fully saturated rings. The van der Waals surface area contributed by atoms with Gasteiger partial charge in [-0.1, -0.05) is 37.3 Å². The zero-order valence-electron chi connectivity index (χ0n) is 16.0. The number of benzene rings is 2. The number of tetrazole rings is 1. The van der Waals surface area contributed by atoms with Crippen molar-refractivity contribution >= 4 is 17.6 Å². The van der Waals surface area contributed by atoms with E-state index in [0.29, 0.717) is 17.1 Å². The first kappa shape index (κ1) is 19.2. The summed E-state index contributed by atoms with van der Waals surface area (Å²) in [6.07, 6.45) is 0.956. The van der Waals surface area contributed by atoms with Crippen LogP contribution in [0, 0.1) is 6.92 Å². The van der Waals surface area contributed by atoms with Crippen molar-refractivity contribution < 1.29 is 14.3 Å². The number of amides is 1. The standard InChI is InChI=1S/C20H21N5O3/c1-4-14-6-9-15(10-7-14)19-22-24-25(23-19)12-18(26)21-17-11-16(20(27)28-3)8-5-13(17)2/h5-11H,4,12H2,1-3H3,(H,21,26). The number of rotatable bonds is 6. The molecule has 1 N–H and O–H groups in total. The molecule has 0 aliphatic carbocycles. The summed E-state index contributed by atoms with van der Waals surface area (Å²) < 4.78 is 4.71. The molecule has 3 aromatic rings. The summed E-state index contributed by atoms with van der Waals surface area (Å²) in [5, 5.41) is 15.0. The summed E-state index contributed by atoms with van der Waals surface area (Å²) >= 11 is 0. The largest absolute Gasteiger partial charge is 0.465 e. The third-order valence-electron chi connectivity index (χ3n) is 4.29. The van der Waals surface area contributed by atoms with Gasteiger partial charge in [-0.15, -0.1) is 10.2 Å². The molecule has 0 saturated carbocycles. The molecule has 0 atom stereocenters. The molecular formula is C20H21N5O3. The lowest BCUT2D eigenvalue weighted by molar-refractivity contribution is -0.117. The van der Waals surface area contributed by atoms with Gasteiger partial charge in [0, 0.05) is 11.3 Å². The lowest BCUT2D eigenvalue weighted by Gasteiger charge is -2.09. The van der Waals surface area contributed by atoms with Crippen LogP contribution in [-0.4, -0.2) is 39.2 Å². The maximum absolute atomic E-state index is 12.4. The number of nitrogens with one attached hydrogen (secondary N) is 1. The number of hydrogen-bond donors (Lipinski definition) is 1. The van der Waals surface area contributed by atoms with Crippen LogP contribution in [0.25, 0.3) is 11.4 Å². The van der Waals surface area contributed by atoms with Crippen molar-refractivity contribution in [1.29, 1.82) is 0 Å². The van der Waals surface area contributed by atoms with E-state index in [-0.39, 0.29) is 12.5 Å². The summed E-state index contributed by atoms with van der Waals surface area (Å²) in [5.41, 5.74) is 3.78. The average Bonchev–Trinajstić information content (AvgIpc) is 3.17. The van der Waals surface area contributed by atoms with Crippen molar-refractivity contribution in [2.24, 2.45) is 0 Å². The molecule has 0 unspecified atom stereocenters. The van der Waals surface area contributed by atoms with E-state index in [1.807, 2.05) is 31.2 Å². The van der Waals surface area contributed by atoms with Crippen LogP contribution in [0.2, 0.25) is 0 Å². The summed E-state index contributed by atoms with van der Waals surface area (Å²) in [6, 6.07) is 12.9. The van der Waals surface area contributed by atoms with Gasteiger partial charge in [0.2, 0.25) is 11.7 Å². The Labute approximate surface area is 162 Å². The fourth-order valence-corrected chi connectivity index (χ4v) is 2.63. The van der Waals surface area contributed by atoms with Gasteiger partial charge in [0.15, 0.2) is 0 Å². The Morgan fingerprint density at radius 2 is 1.89 bits per heavy atom. The molecule has 1 heterocycles. The minimum atomic E-state index is -0.466. The van der Waals surface area contributed by atoms with Gasteiger partial charge in [-0.05, 0) is 41.8 Å². The molecule has 0 radical (unpaired) electrons. The van der Waals surface area contributed by atoms with Crippen LogP contribution in [0.5, 0.6) is 0 Å². The van der Waals surface area contributed by atoms with Gasteiger partial charge in [-0.25, -0.2) is 4.79 Å². The van der Waals surface area contributed by atoms with Crippen LogP contribution >= 0.6 is 0 Å². The highest BCUT2D eigenvalue weighted by Crippen LogP contribution is 2.18. The molecule has 0 aliphatic rings. The Morgan fingerprint density at radius 3 is 2.57 bits per heavy atom. The number of ether oxygens (including phenoxy) is 1. The smallest absolute Gasteiger partial charge is 0.337 e. The first-order chi connectivity index (χ1) is 13.5. The van der Waals surface area contributed by atoms with Gasteiger partial charge >= 0.3 is 5.97 Å². The third-order valence-corrected chi connectivity index (χ3v) is 4.29. The van der Waals surface area contributed by atoms with E-state index in [1.54, 1.807) is 18.2 Å². The highest BCUT2D eigenvalue weighted by Gasteiger charge is 2.13. The van der Waals surface area contributed by atoms with E-state index >= 15 is 0 Å². The lowest BCUT2D eigenvalue weighted by atomic mass is 10.1. The average molecular weight is 379 g/mol. The van der Waals surface area contributed by atoms with E-state index in [9.17, 15) is 9.59 Å². The van der Waals surface area contributed by atoms with E-state index in [4.69, 9.17) is 4.74 Å². The number of nitrogens with zero attached hydrogens (tertiary/aromatic N) is 4. The number of anilines is 1. The van der Waals surface area contributed by atoms with E-state index in [2.05, 4.69) is 27.7 Å². The molecule has 144 valence electrons. The highest BCUT2D eigenvalue weighted by atomic mass is 16.5. The lowest BCUT2D eigenvalue weighted by Crippen LogP contribution is -2.21. The van der Waals surface area contributed by atoms with Gasteiger partial charge < -0.3 is 10.1 Å². The maximum atomic E-state index is 12.4. The van der Waals surface area contributed by atoms with E-state index < -0.39 is 5.97 Å². The minimum absolute atomic E-state index is 0.0953. The second-order valence-corrected chi connectivity index (χ2v) is 6.26. The Balaban J connectivity index is 1.69. The van der Waals surface area contributed by atoms with Crippen molar-refractivity contribution in [2.75, 3.05) is 12.4 Å². The molecule has 0 spiro atoms. The van der Waals surface area contributed by atoms with Gasteiger partial charge in [-0.3, -0.25) is 4.79 Å². The predicted molar refractivity (Wildman–Crippen MR) is 104 cm³/mol. The van der Waals surface area contributed by atoms with Crippen LogP contribution in [0.1, 0.15) is 28.4 Å². The molecular weight excluding hydrogens is 358 g/mol. The number of esters is 1. The minimum Gasteiger partial charge on any atom is -0.465 e. The molecule has 0 aliphatic heterocycles. The second kappa shape index (κ2) is 8.43. The fourth-order valence-electron chi connectivity index (χ4n) is 2.63. The Hall–Kier alpha value is -3.55. The first-order valence-corrected chi connectivity index (χ1v) is 8.86. The number of methoxy groups -OCH3 is 1. The van der Waals surface area contributed by atoms with E-state index in [1.165, 1.54) is 17.5 Å². The number of hydrogen-bond acceptors (Lipinski definition) is 6. The molecule has 8 nitrogen and oxygen atoms in total. The monoisotopic (exact) mass is 379 g/mol. The Kier molecular flexibility index (Phi) is 5.78. The van der Waals surface area contributed by atoms with Gasteiger partial charge in [0.05, 0.1) is 12.7 Å². The van der Waals surface area contributed by atoms with Crippen LogP contribution in [-0.2, 0) is 22.5 Å². The first-order valence-electron chi connectivity index (χ1n) is 8.86. The summed E-state index contributed by atoms with van der Waals surface area (Å²) in [7, 11) is 1.31. The summed E-state index contributed by atoms with van der Waals surface area (Å²) in [5.74, 6) is -0.332. The second-order valence-electron chi connectivity index (χ2n) is 6.26. The SMILES string of the molecule is CCc1ccc(-c2nnn(CC(=O)Nc3cc(C(=O)OC)ccc3C)n2)cc1. The molecule has 28 heavy (non-hydrogen) atoms. The van der Waals surface area contributed by atoms with Crippen molar-refractivity contribution in [2.45, 2.75) is 26.8 Å². The van der Waals surface area contributed by atoms with Crippen LogP contribution in [0.3, 0.4) is 0 Å². The number of carbonyl (C=O) groups excluding carboxylic acids is 2. The van der Waals surface area contributed by atoms with Crippen LogP contribution in [0.4, 0.5) is 5.69 Å². The molecule has 8 heteroatoms. The summed E-state index contributed by atoms with van der Waals surface area (Å²) in [4.78, 5) is 25.3. The molecule has 1 aromatic heterocycles. The normalized spacial score (nSPS) is 10.5. The third kappa shape index (κ3) is 4.40. The summed E-state index contributed by atoms with van der Waals surface area (Å²) in [6.45, 7) is 3.83. The van der Waals surface area contributed by atoms with Crippen LogP contribution in [0.15, 0.2) is 42.5 Å². The molecule has 0 bridgehead atoms.